The molecular formula is C13H12Br2N2S. The van der Waals surface area contributed by atoms with Gasteiger partial charge in [0, 0.05) is 26.9 Å². The Kier molecular flexibility index (Phi) is 5.24. The van der Waals surface area contributed by atoms with Crippen LogP contribution in [0.25, 0.3) is 0 Å². The van der Waals surface area contributed by atoms with Crippen LogP contribution in [0.4, 0.5) is 0 Å². The second kappa shape index (κ2) is 6.70. The van der Waals surface area contributed by atoms with E-state index in [0.717, 1.165) is 14.0 Å². The summed E-state index contributed by atoms with van der Waals surface area (Å²) in [7, 11) is 0. The van der Waals surface area contributed by atoms with Crippen LogP contribution in [0.2, 0.25) is 0 Å². The molecule has 2 aromatic rings. The third-order valence-electron chi connectivity index (χ3n) is 2.43. The van der Waals surface area contributed by atoms with E-state index in [9.17, 15) is 0 Å². The molecule has 5 heteroatoms. The Morgan fingerprint density at radius 2 is 1.94 bits per heavy atom. The second-order valence-corrected chi connectivity index (χ2v) is 6.67. The topological polar surface area (TPSA) is 38.9 Å². The maximum Gasteiger partial charge on any atom is 0.0967 e. The lowest BCUT2D eigenvalue weighted by molar-refractivity contribution is 0.929. The largest absolute Gasteiger partial charge is 0.329 e. The van der Waals surface area contributed by atoms with Crippen LogP contribution < -0.4 is 5.73 Å². The van der Waals surface area contributed by atoms with E-state index in [1.165, 1.54) is 5.56 Å². The summed E-state index contributed by atoms with van der Waals surface area (Å²) in [6, 6.07) is 12.1. The van der Waals surface area contributed by atoms with Crippen molar-refractivity contribution in [2.45, 2.75) is 10.3 Å². The number of thioether (sulfide) groups is 1. The molecule has 0 fully saturated rings. The van der Waals surface area contributed by atoms with Crippen LogP contribution in [0, 0.1) is 0 Å². The number of pyridine rings is 1. The molecule has 1 aromatic carbocycles. The van der Waals surface area contributed by atoms with Crippen LogP contribution >= 0.6 is 43.6 Å². The van der Waals surface area contributed by atoms with Gasteiger partial charge in [-0.1, -0.05) is 45.9 Å². The molecule has 2 nitrogen and oxygen atoms in total. The molecule has 0 aliphatic heterocycles. The molecule has 0 saturated heterocycles. The molecule has 0 amide bonds. The SMILES string of the molecule is NCC(Sc1ccc(Br)cn1)c1ccccc1Br. The zero-order chi connectivity index (χ0) is 13.0. The van der Waals surface area contributed by atoms with Crippen LogP contribution in [0.15, 0.2) is 56.6 Å². The molecule has 2 N–H and O–H groups in total. The molecule has 0 aliphatic rings. The van der Waals surface area contributed by atoms with Crippen molar-refractivity contribution in [3.63, 3.8) is 0 Å². The summed E-state index contributed by atoms with van der Waals surface area (Å²) < 4.78 is 2.07. The van der Waals surface area contributed by atoms with Gasteiger partial charge in [0.05, 0.1) is 5.03 Å². The average molecular weight is 388 g/mol. The number of nitrogens with zero attached hydrogens (tertiary/aromatic N) is 1. The first kappa shape index (κ1) is 14.1. The fraction of sp³-hybridized carbons (Fsp3) is 0.154. The Hall–Kier alpha value is -0.360. The van der Waals surface area contributed by atoms with Gasteiger partial charge in [-0.25, -0.2) is 4.98 Å². The molecule has 2 rings (SSSR count). The number of hydrogen-bond acceptors (Lipinski definition) is 3. The Morgan fingerprint density at radius 1 is 1.17 bits per heavy atom. The highest BCUT2D eigenvalue weighted by Crippen LogP contribution is 2.36. The lowest BCUT2D eigenvalue weighted by atomic mass is 10.1. The molecule has 18 heavy (non-hydrogen) atoms. The maximum atomic E-state index is 5.87. The predicted molar refractivity (Wildman–Crippen MR) is 83.7 cm³/mol. The lowest BCUT2D eigenvalue weighted by Gasteiger charge is -2.15. The van der Waals surface area contributed by atoms with Crippen LogP contribution in [0.3, 0.4) is 0 Å². The molecule has 0 saturated carbocycles. The second-order valence-electron chi connectivity index (χ2n) is 3.68. The first-order valence-electron chi connectivity index (χ1n) is 5.43. The van der Waals surface area contributed by atoms with Gasteiger partial charge >= 0.3 is 0 Å². The molecule has 0 radical (unpaired) electrons. The number of nitrogens with two attached hydrogens (primary N) is 1. The van der Waals surface area contributed by atoms with Gasteiger partial charge in [-0.3, -0.25) is 0 Å². The van der Waals surface area contributed by atoms with E-state index in [-0.39, 0.29) is 5.25 Å². The fourth-order valence-electron chi connectivity index (χ4n) is 1.55. The Labute approximate surface area is 128 Å². The van der Waals surface area contributed by atoms with Crippen LogP contribution in [0.5, 0.6) is 0 Å². The van der Waals surface area contributed by atoms with Crippen molar-refractivity contribution in [3.8, 4) is 0 Å². The Balaban J connectivity index is 2.20. The molecule has 1 atom stereocenters. The van der Waals surface area contributed by atoms with E-state index in [2.05, 4.69) is 42.9 Å². The van der Waals surface area contributed by atoms with E-state index in [1.807, 2.05) is 30.3 Å². The molecule has 0 aliphatic carbocycles. The summed E-state index contributed by atoms with van der Waals surface area (Å²) in [6.45, 7) is 0.574. The fourth-order valence-corrected chi connectivity index (χ4v) is 3.48. The molecular weight excluding hydrogens is 376 g/mol. The molecule has 0 spiro atoms. The van der Waals surface area contributed by atoms with Crippen molar-refractivity contribution in [1.82, 2.24) is 4.98 Å². The van der Waals surface area contributed by atoms with Gasteiger partial charge in [0.25, 0.3) is 0 Å². The zero-order valence-electron chi connectivity index (χ0n) is 9.51. The minimum absolute atomic E-state index is 0.203. The van der Waals surface area contributed by atoms with Crippen molar-refractivity contribution in [2.24, 2.45) is 5.73 Å². The highest BCUT2D eigenvalue weighted by molar-refractivity contribution is 9.10. The smallest absolute Gasteiger partial charge is 0.0967 e. The number of benzene rings is 1. The van der Waals surface area contributed by atoms with Gasteiger partial charge in [0.15, 0.2) is 0 Å². The van der Waals surface area contributed by atoms with Crippen molar-refractivity contribution in [2.75, 3.05) is 6.54 Å². The third-order valence-corrected chi connectivity index (χ3v) is 4.83. The monoisotopic (exact) mass is 386 g/mol. The standard InChI is InChI=1S/C13H12Br2N2S/c14-9-5-6-13(17-8-9)18-12(7-16)10-3-1-2-4-11(10)15/h1-6,8,12H,7,16H2. The predicted octanol–water partition coefficient (Wildman–Crippen LogP) is 4.40. The number of rotatable bonds is 4. The summed E-state index contributed by atoms with van der Waals surface area (Å²) in [5.74, 6) is 0. The highest BCUT2D eigenvalue weighted by Gasteiger charge is 2.14. The number of hydrogen-bond donors (Lipinski definition) is 1. The quantitative estimate of drug-likeness (QED) is 0.790. The van der Waals surface area contributed by atoms with Gasteiger partial charge in [-0.2, -0.15) is 0 Å². The number of halogens is 2. The van der Waals surface area contributed by atoms with E-state index in [4.69, 9.17) is 5.73 Å². The van der Waals surface area contributed by atoms with Gasteiger partial charge in [-0.15, -0.1) is 0 Å². The summed E-state index contributed by atoms with van der Waals surface area (Å²) in [5.41, 5.74) is 7.08. The van der Waals surface area contributed by atoms with E-state index < -0.39 is 0 Å². The summed E-state index contributed by atoms with van der Waals surface area (Å²) in [4.78, 5) is 4.37. The summed E-state index contributed by atoms with van der Waals surface area (Å²) in [6.07, 6.45) is 1.80. The van der Waals surface area contributed by atoms with Gasteiger partial charge in [0.2, 0.25) is 0 Å². The lowest BCUT2D eigenvalue weighted by Crippen LogP contribution is -2.10. The van der Waals surface area contributed by atoms with Gasteiger partial charge < -0.3 is 5.73 Å². The Morgan fingerprint density at radius 3 is 2.56 bits per heavy atom. The van der Waals surface area contributed by atoms with Gasteiger partial charge in [-0.05, 0) is 39.7 Å². The first-order chi connectivity index (χ1) is 8.70. The Bertz CT molecular complexity index is 517. The number of aromatic nitrogens is 1. The van der Waals surface area contributed by atoms with Crippen LogP contribution in [-0.2, 0) is 0 Å². The first-order valence-corrected chi connectivity index (χ1v) is 7.90. The normalized spacial score (nSPS) is 12.4. The maximum absolute atomic E-state index is 5.87. The summed E-state index contributed by atoms with van der Waals surface area (Å²) in [5, 5.41) is 1.18. The minimum Gasteiger partial charge on any atom is -0.329 e. The van der Waals surface area contributed by atoms with Crippen molar-refractivity contribution < 1.29 is 0 Å². The van der Waals surface area contributed by atoms with Crippen molar-refractivity contribution >= 4 is 43.6 Å². The highest BCUT2D eigenvalue weighted by atomic mass is 79.9. The zero-order valence-corrected chi connectivity index (χ0v) is 13.5. The van der Waals surface area contributed by atoms with E-state index in [1.54, 1.807) is 18.0 Å². The van der Waals surface area contributed by atoms with Crippen LogP contribution in [0.1, 0.15) is 10.8 Å². The van der Waals surface area contributed by atoms with E-state index in [0.29, 0.717) is 6.54 Å². The molecule has 1 aromatic heterocycles. The summed E-state index contributed by atoms with van der Waals surface area (Å²) >= 11 is 8.62. The van der Waals surface area contributed by atoms with E-state index >= 15 is 0 Å². The molecule has 0 bridgehead atoms. The average Bonchev–Trinajstić information content (AvgIpc) is 2.39. The third kappa shape index (κ3) is 3.57. The van der Waals surface area contributed by atoms with Crippen molar-refractivity contribution in [1.29, 1.82) is 0 Å². The molecule has 94 valence electrons. The van der Waals surface area contributed by atoms with Crippen LogP contribution in [-0.4, -0.2) is 11.5 Å². The molecule has 1 heterocycles. The van der Waals surface area contributed by atoms with Gasteiger partial charge in [0.1, 0.15) is 0 Å². The van der Waals surface area contributed by atoms with Crippen molar-refractivity contribution in [3.05, 3.63) is 57.1 Å². The minimum atomic E-state index is 0.203. The molecule has 1 unspecified atom stereocenters.